The molecule has 9 nitrogen and oxygen atoms in total. The Balaban J connectivity index is 1.68. The molecule has 1 aliphatic rings. The Kier molecular flexibility index (Phi) is 5.25. The van der Waals surface area contributed by atoms with Crippen molar-refractivity contribution in [3.8, 4) is 11.7 Å². The highest BCUT2D eigenvalue weighted by atomic mass is 16.5. The third kappa shape index (κ3) is 3.77. The number of hydrogen-bond donors (Lipinski definition) is 3. The Morgan fingerprint density at radius 1 is 1.44 bits per heavy atom. The molecule has 2 aromatic heterocycles. The van der Waals surface area contributed by atoms with E-state index in [-0.39, 0.29) is 11.8 Å². The SMILES string of the molecule is CCOc1ccc(-n2ncc(C(=O)NCC3CNCC3O)c2C)nn1. The number of aliphatic hydroxyl groups is 1. The van der Waals surface area contributed by atoms with Crippen LogP contribution in [-0.4, -0.2) is 63.3 Å². The smallest absolute Gasteiger partial charge is 0.254 e. The van der Waals surface area contributed by atoms with Gasteiger partial charge in [-0.15, -0.1) is 10.2 Å². The number of amides is 1. The van der Waals surface area contributed by atoms with Crippen molar-refractivity contribution in [1.29, 1.82) is 0 Å². The molecule has 1 amide bonds. The number of hydrogen-bond acceptors (Lipinski definition) is 7. The number of carbonyl (C=O) groups is 1. The average Bonchev–Trinajstić information content (AvgIpc) is 3.19. The molecule has 2 atom stereocenters. The average molecular weight is 346 g/mol. The minimum Gasteiger partial charge on any atom is -0.477 e. The van der Waals surface area contributed by atoms with E-state index in [0.717, 1.165) is 0 Å². The molecule has 0 bridgehead atoms. The number of rotatable bonds is 6. The van der Waals surface area contributed by atoms with Crippen molar-refractivity contribution < 1.29 is 14.6 Å². The standard InChI is InChI=1S/C16H22N6O3/c1-3-25-15-5-4-14(20-21-15)22-10(2)12(8-19-22)16(24)18-7-11-6-17-9-13(11)23/h4-5,8,11,13,17,23H,3,6-7,9H2,1-2H3,(H,18,24). The first-order valence-electron chi connectivity index (χ1n) is 8.28. The molecule has 0 radical (unpaired) electrons. The Morgan fingerprint density at radius 3 is 2.92 bits per heavy atom. The molecule has 0 spiro atoms. The fraction of sp³-hybridized carbons (Fsp3) is 0.500. The lowest BCUT2D eigenvalue weighted by molar-refractivity contribution is 0.0926. The number of β-amino-alcohol motifs (C(OH)–C–C–N with tert-alkyl or cyclic N) is 1. The second-order valence-corrected chi connectivity index (χ2v) is 5.91. The molecule has 25 heavy (non-hydrogen) atoms. The first kappa shape index (κ1) is 17.3. The quantitative estimate of drug-likeness (QED) is 0.657. The predicted octanol–water partition coefficient (Wildman–Crippen LogP) is -0.320. The highest BCUT2D eigenvalue weighted by Gasteiger charge is 2.25. The van der Waals surface area contributed by atoms with E-state index in [1.807, 2.05) is 6.92 Å². The highest BCUT2D eigenvalue weighted by Crippen LogP contribution is 2.14. The van der Waals surface area contributed by atoms with Gasteiger partial charge in [-0.05, 0) is 19.9 Å². The van der Waals surface area contributed by atoms with E-state index in [2.05, 4.69) is 25.9 Å². The molecule has 134 valence electrons. The van der Waals surface area contributed by atoms with Gasteiger partial charge < -0.3 is 20.5 Å². The molecule has 1 saturated heterocycles. The normalized spacial score (nSPS) is 19.8. The number of aliphatic hydroxyl groups excluding tert-OH is 1. The van der Waals surface area contributed by atoms with E-state index in [1.165, 1.54) is 6.20 Å². The summed E-state index contributed by atoms with van der Waals surface area (Å²) in [6, 6.07) is 3.45. The summed E-state index contributed by atoms with van der Waals surface area (Å²) in [4.78, 5) is 12.4. The van der Waals surface area contributed by atoms with Gasteiger partial charge in [-0.2, -0.15) is 5.10 Å². The van der Waals surface area contributed by atoms with E-state index in [4.69, 9.17) is 4.74 Å². The van der Waals surface area contributed by atoms with Gasteiger partial charge in [0, 0.05) is 31.6 Å². The van der Waals surface area contributed by atoms with Crippen LogP contribution in [0.25, 0.3) is 5.82 Å². The van der Waals surface area contributed by atoms with Crippen LogP contribution in [0.1, 0.15) is 23.0 Å². The van der Waals surface area contributed by atoms with Crippen molar-refractivity contribution in [3.05, 3.63) is 29.6 Å². The third-order valence-electron chi connectivity index (χ3n) is 4.22. The van der Waals surface area contributed by atoms with Gasteiger partial charge in [-0.3, -0.25) is 4.79 Å². The molecule has 2 aromatic rings. The molecule has 0 aliphatic carbocycles. The number of aromatic nitrogens is 4. The first-order valence-corrected chi connectivity index (χ1v) is 8.28. The third-order valence-corrected chi connectivity index (χ3v) is 4.22. The van der Waals surface area contributed by atoms with Crippen LogP contribution in [0.15, 0.2) is 18.3 Å². The van der Waals surface area contributed by atoms with Crippen LogP contribution in [0, 0.1) is 12.8 Å². The van der Waals surface area contributed by atoms with Crippen molar-refractivity contribution in [1.82, 2.24) is 30.6 Å². The molecule has 3 rings (SSSR count). The zero-order valence-electron chi connectivity index (χ0n) is 14.3. The summed E-state index contributed by atoms with van der Waals surface area (Å²) >= 11 is 0. The van der Waals surface area contributed by atoms with Crippen molar-refractivity contribution in [2.75, 3.05) is 26.2 Å². The van der Waals surface area contributed by atoms with Crippen LogP contribution < -0.4 is 15.4 Å². The Hall–Kier alpha value is -2.52. The van der Waals surface area contributed by atoms with Crippen molar-refractivity contribution >= 4 is 5.91 Å². The van der Waals surface area contributed by atoms with Gasteiger partial charge >= 0.3 is 0 Å². The maximum Gasteiger partial charge on any atom is 0.254 e. The Labute approximate surface area is 145 Å². The number of ether oxygens (including phenoxy) is 1. The van der Waals surface area contributed by atoms with E-state index < -0.39 is 6.10 Å². The van der Waals surface area contributed by atoms with E-state index in [9.17, 15) is 9.90 Å². The molecular weight excluding hydrogens is 324 g/mol. The van der Waals surface area contributed by atoms with E-state index in [1.54, 1.807) is 23.7 Å². The summed E-state index contributed by atoms with van der Waals surface area (Å²) in [5, 5.41) is 28.0. The fourth-order valence-corrected chi connectivity index (χ4v) is 2.76. The lowest BCUT2D eigenvalue weighted by atomic mass is 10.1. The predicted molar refractivity (Wildman–Crippen MR) is 89.8 cm³/mol. The zero-order valence-corrected chi connectivity index (χ0v) is 14.3. The zero-order chi connectivity index (χ0) is 17.8. The van der Waals surface area contributed by atoms with E-state index >= 15 is 0 Å². The molecule has 0 saturated carbocycles. The monoisotopic (exact) mass is 346 g/mol. The van der Waals surface area contributed by atoms with Gasteiger partial charge in [-0.25, -0.2) is 4.68 Å². The van der Waals surface area contributed by atoms with Gasteiger partial charge in [0.25, 0.3) is 5.91 Å². The van der Waals surface area contributed by atoms with Crippen LogP contribution in [0.4, 0.5) is 0 Å². The molecule has 9 heteroatoms. The van der Waals surface area contributed by atoms with Gasteiger partial charge in [0.1, 0.15) is 0 Å². The summed E-state index contributed by atoms with van der Waals surface area (Å²) in [7, 11) is 0. The highest BCUT2D eigenvalue weighted by molar-refractivity contribution is 5.95. The Morgan fingerprint density at radius 2 is 2.28 bits per heavy atom. The number of nitrogens with zero attached hydrogens (tertiary/aromatic N) is 4. The van der Waals surface area contributed by atoms with Gasteiger partial charge in [0.2, 0.25) is 5.88 Å². The van der Waals surface area contributed by atoms with Crippen molar-refractivity contribution in [2.24, 2.45) is 5.92 Å². The van der Waals surface area contributed by atoms with Crippen LogP contribution >= 0.6 is 0 Å². The topological polar surface area (TPSA) is 114 Å². The number of carbonyl (C=O) groups excluding carboxylic acids is 1. The second kappa shape index (κ2) is 7.58. The maximum atomic E-state index is 12.4. The van der Waals surface area contributed by atoms with Crippen LogP contribution in [0.5, 0.6) is 5.88 Å². The van der Waals surface area contributed by atoms with Crippen LogP contribution in [0.3, 0.4) is 0 Å². The summed E-state index contributed by atoms with van der Waals surface area (Å²) in [6.07, 6.45) is 1.08. The van der Waals surface area contributed by atoms with Gasteiger partial charge in [0.15, 0.2) is 5.82 Å². The van der Waals surface area contributed by atoms with Crippen molar-refractivity contribution in [2.45, 2.75) is 20.0 Å². The maximum absolute atomic E-state index is 12.4. The van der Waals surface area contributed by atoms with Gasteiger partial charge in [-0.1, -0.05) is 0 Å². The summed E-state index contributed by atoms with van der Waals surface area (Å²) in [5.41, 5.74) is 1.14. The fourth-order valence-electron chi connectivity index (χ4n) is 2.76. The first-order chi connectivity index (χ1) is 12.1. The molecule has 3 heterocycles. The van der Waals surface area contributed by atoms with Gasteiger partial charge in [0.05, 0.1) is 30.2 Å². The summed E-state index contributed by atoms with van der Waals surface area (Å²) < 4.78 is 6.83. The molecule has 0 aromatic carbocycles. The molecular formula is C16H22N6O3. The summed E-state index contributed by atoms with van der Waals surface area (Å²) in [5.74, 6) is 0.756. The second-order valence-electron chi connectivity index (χ2n) is 5.91. The van der Waals surface area contributed by atoms with Crippen LogP contribution in [-0.2, 0) is 0 Å². The Bertz CT molecular complexity index is 730. The lowest BCUT2D eigenvalue weighted by Gasteiger charge is -2.13. The molecule has 1 aliphatic heterocycles. The number of nitrogens with one attached hydrogen (secondary N) is 2. The lowest BCUT2D eigenvalue weighted by Crippen LogP contribution is -2.34. The molecule has 1 fully saturated rings. The molecule has 3 N–H and O–H groups in total. The van der Waals surface area contributed by atoms with Crippen LogP contribution in [0.2, 0.25) is 0 Å². The minimum absolute atomic E-state index is 0.0243. The van der Waals surface area contributed by atoms with E-state index in [0.29, 0.717) is 49.2 Å². The minimum atomic E-state index is -0.428. The van der Waals surface area contributed by atoms with Crippen molar-refractivity contribution in [3.63, 3.8) is 0 Å². The largest absolute Gasteiger partial charge is 0.477 e. The summed E-state index contributed by atoms with van der Waals surface area (Å²) in [6.45, 7) is 5.87. The molecule has 2 unspecified atom stereocenters.